The van der Waals surface area contributed by atoms with E-state index in [1.807, 2.05) is 12.1 Å². The van der Waals surface area contributed by atoms with Crippen LogP contribution in [0.1, 0.15) is 11.1 Å². The number of rotatable bonds is 3. The molecule has 1 aromatic heterocycles. The summed E-state index contributed by atoms with van der Waals surface area (Å²) in [5.74, 6) is -0.431. The molecule has 5 heteroatoms. The zero-order valence-electron chi connectivity index (χ0n) is 10.9. The highest BCUT2D eigenvalue weighted by molar-refractivity contribution is 9.10. The zero-order chi connectivity index (χ0) is 14.1. The van der Waals surface area contributed by atoms with Gasteiger partial charge in [-0.05, 0) is 42.3 Å². The van der Waals surface area contributed by atoms with Gasteiger partial charge < -0.3 is 9.73 Å². The topological polar surface area (TPSA) is 58.0 Å². The van der Waals surface area contributed by atoms with Gasteiger partial charge in [0.05, 0.1) is 5.52 Å². The number of benzene rings is 2. The molecule has 0 spiro atoms. The maximum Gasteiger partial charge on any atom is 0.417 e. The van der Waals surface area contributed by atoms with Crippen molar-refractivity contribution in [2.24, 2.45) is 0 Å². The molecular formula is C15H13BrN2O2. The van der Waals surface area contributed by atoms with Crippen molar-refractivity contribution in [3.8, 4) is 0 Å². The van der Waals surface area contributed by atoms with E-state index in [2.05, 4.69) is 51.4 Å². The third-order valence-corrected chi connectivity index (χ3v) is 4.01. The Morgan fingerprint density at radius 3 is 2.90 bits per heavy atom. The van der Waals surface area contributed by atoms with E-state index in [0.29, 0.717) is 17.6 Å². The van der Waals surface area contributed by atoms with Crippen LogP contribution in [0.4, 0.5) is 5.69 Å². The fourth-order valence-corrected chi connectivity index (χ4v) is 2.44. The van der Waals surface area contributed by atoms with E-state index in [9.17, 15) is 4.79 Å². The Morgan fingerprint density at radius 1 is 1.25 bits per heavy atom. The molecule has 3 aromatic rings. The van der Waals surface area contributed by atoms with E-state index in [1.54, 1.807) is 6.07 Å². The molecule has 0 amide bonds. The predicted octanol–water partition coefficient (Wildman–Crippen LogP) is 3.80. The number of aryl methyl sites for hydroxylation is 1. The van der Waals surface area contributed by atoms with E-state index in [0.717, 1.165) is 10.2 Å². The number of hydrogen-bond acceptors (Lipinski definition) is 3. The molecule has 0 unspecified atom stereocenters. The highest BCUT2D eigenvalue weighted by Crippen LogP contribution is 2.20. The van der Waals surface area contributed by atoms with Crippen LogP contribution in [0.2, 0.25) is 0 Å². The number of aromatic amines is 1. The molecule has 4 nitrogen and oxygen atoms in total. The van der Waals surface area contributed by atoms with Gasteiger partial charge in [-0.1, -0.05) is 28.1 Å². The van der Waals surface area contributed by atoms with Crippen molar-refractivity contribution in [3.05, 3.63) is 62.5 Å². The van der Waals surface area contributed by atoms with Crippen molar-refractivity contribution >= 4 is 32.7 Å². The van der Waals surface area contributed by atoms with Crippen molar-refractivity contribution in [1.82, 2.24) is 4.98 Å². The van der Waals surface area contributed by atoms with Crippen molar-refractivity contribution in [1.29, 1.82) is 0 Å². The zero-order valence-corrected chi connectivity index (χ0v) is 12.5. The van der Waals surface area contributed by atoms with Gasteiger partial charge in [-0.2, -0.15) is 0 Å². The van der Waals surface area contributed by atoms with Crippen LogP contribution in [0.25, 0.3) is 11.1 Å². The number of halogens is 1. The standard InChI is InChI=1S/C15H13BrN2O2/c1-9-2-3-10(6-12(9)16)8-17-11-4-5-14-13(7-11)18-15(19)20-14/h2-7,17H,8H2,1H3,(H,18,19). The Morgan fingerprint density at radius 2 is 2.10 bits per heavy atom. The fourth-order valence-electron chi connectivity index (χ4n) is 2.01. The largest absolute Gasteiger partial charge is 0.417 e. The van der Waals surface area contributed by atoms with Gasteiger partial charge >= 0.3 is 5.76 Å². The van der Waals surface area contributed by atoms with Crippen LogP contribution in [-0.4, -0.2) is 4.98 Å². The summed E-state index contributed by atoms with van der Waals surface area (Å²) in [5.41, 5.74) is 4.60. The third kappa shape index (κ3) is 2.63. The minimum atomic E-state index is -0.431. The highest BCUT2D eigenvalue weighted by Gasteiger charge is 2.02. The monoisotopic (exact) mass is 332 g/mol. The summed E-state index contributed by atoms with van der Waals surface area (Å²) in [5, 5.41) is 3.32. The minimum Gasteiger partial charge on any atom is -0.408 e. The smallest absolute Gasteiger partial charge is 0.408 e. The first-order valence-electron chi connectivity index (χ1n) is 6.23. The van der Waals surface area contributed by atoms with Crippen molar-refractivity contribution in [2.75, 3.05) is 5.32 Å². The Bertz CT molecular complexity index is 820. The van der Waals surface area contributed by atoms with Gasteiger partial charge in [0.25, 0.3) is 0 Å². The van der Waals surface area contributed by atoms with Crippen LogP contribution in [0.5, 0.6) is 0 Å². The van der Waals surface area contributed by atoms with E-state index >= 15 is 0 Å². The lowest BCUT2D eigenvalue weighted by molar-refractivity contribution is 0.555. The lowest BCUT2D eigenvalue weighted by atomic mass is 10.1. The van der Waals surface area contributed by atoms with Gasteiger partial charge in [-0.15, -0.1) is 0 Å². The average molecular weight is 333 g/mol. The summed E-state index contributed by atoms with van der Waals surface area (Å²) in [7, 11) is 0. The van der Waals surface area contributed by atoms with Crippen molar-refractivity contribution in [3.63, 3.8) is 0 Å². The molecule has 0 atom stereocenters. The van der Waals surface area contributed by atoms with Crippen molar-refractivity contribution < 1.29 is 4.42 Å². The fraction of sp³-hybridized carbons (Fsp3) is 0.133. The maximum absolute atomic E-state index is 11.1. The summed E-state index contributed by atoms with van der Waals surface area (Å²) in [4.78, 5) is 13.7. The number of H-pyrrole nitrogens is 1. The third-order valence-electron chi connectivity index (χ3n) is 3.15. The highest BCUT2D eigenvalue weighted by atomic mass is 79.9. The van der Waals surface area contributed by atoms with Crippen LogP contribution in [0.15, 0.2) is 50.1 Å². The molecule has 0 aliphatic heterocycles. The SMILES string of the molecule is Cc1ccc(CNc2ccc3oc(=O)[nH]c3c2)cc1Br. The lowest BCUT2D eigenvalue weighted by Gasteiger charge is -2.08. The summed E-state index contributed by atoms with van der Waals surface area (Å²) >= 11 is 3.53. The second-order valence-electron chi connectivity index (χ2n) is 4.66. The molecule has 2 N–H and O–H groups in total. The molecule has 3 rings (SSSR count). The first-order valence-corrected chi connectivity index (χ1v) is 7.03. The van der Waals surface area contributed by atoms with Crippen LogP contribution in [0.3, 0.4) is 0 Å². The summed E-state index contributed by atoms with van der Waals surface area (Å²) in [6, 6.07) is 11.8. The Kier molecular flexibility index (Phi) is 3.36. The number of fused-ring (bicyclic) bond motifs is 1. The number of hydrogen-bond donors (Lipinski definition) is 2. The van der Waals surface area contributed by atoms with Crippen molar-refractivity contribution in [2.45, 2.75) is 13.5 Å². The van der Waals surface area contributed by atoms with E-state index in [-0.39, 0.29) is 0 Å². The minimum absolute atomic E-state index is 0.431. The predicted molar refractivity (Wildman–Crippen MR) is 83.0 cm³/mol. The van der Waals surface area contributed by atoms with Gasteiger partial charge in [0.1, 0.15) is 0 Å². The van der Waals surface area contributed by atoms with Gasteiger partial charge in [0.2, 0.25) is 0 Å². The van der Waals surface area contributed by atoms with E-state index < -0.39 is 5.76 Å². The first kappa shape index (κ1) is 13.0. The summed E-state index contributed by atoms with van der Waals surface area (Å²) in [6.45, 7) is 2.77. The molecule has 0 aliphatic rings. The molecular weight excluding hydrogens is 320 g/mol. The van der Waals surface area contributed by atoms with E-state index in [1.165, 1.54) is 11.1 Å². The molecule has 0 bridgehead atoms. The summed E-state index contributed by atoms with van der Waals surface area (Å²) < 4.78 is 6.07. The lowest BCUT2D eigenvalue weighted by Crippen LogP contribution is -1.99. The van der Waals surface area contributed by atoms with Gasteiger partial charge in [-0.25, -0.2) is 4.79 Å². The quantitative estimate of drug-likeness (QED) is 0.766. The molecule has 2 aromatic carbocycles. The maximum atomic E-state index is 11.1. The molecule has 0 radical (unpaired) electrons. The van der Waals surface area contributed by atoms with Crippen LogP contribution in [0, 0.1) is 6.92 Å². The molecule has 102 valence electrons. The number of aromatic nitrogens is 1. The summed E-state index contributed by atoms with van der Waals surface area (Å²) in [6.07, 6.45) is 0. The van der Waals surface area contributed by atoms with Gasteiger partial charge in [0, 0.05) is 16.7 Å². The number of oxazole rings is 1. The number of nitrogens with one attached hydrogen (secondary N) is 2. The van der Waals surface area contributed by atoms with E-state index in [4.69, 9.17) is 4.42 Å². The molecule has 0 aliphatic carbocycles. The van der Waals surface area contributed by atoms with Crippen LogP contribution in [-0.2, 0) is 6.54 Å². The van der Waals surface area contributed by atoms with Crippen LogP contribution < -0.4 is 11.1 Å². The molecule has 0 saturated heterocycles. The first-order chi connectivity index (χ1) is 9.61. The second kappa shape index (κ2) is 5.17. The molecule has 0 fully saturated rings. The van der Waals surface area contributed by atoms with Gasteiger partial charge in [0.15, 0.2) is 5.58 Å². The van der Waals surface area contributed by atoms with Crippen LogP contribution >= 0.6 is 15.9 Å². The molecule has 20 heavy (non-hydrogen) atoms. The Hall–Kier alpha value is -2.01. The molecule has 1 heterocycles. The van der Waals surface area contributed by atoms with Gasteiger partial charge in [-0.3, -0.25) is 4.98 Å². The normalized spacial score (nSPS) is 10.9. The molecule has 0 saturated carbocycles. The second-order valence-corrected chi connectivity index (χ2v) is 5.52. The number of anilines is 1. The Balaban J connectivity index is 1.78. The average Bonchev–Trinajstić information content (AvgIpc) is 2.79. The Labute approximate surface area is 123 Å².